The lowest BCUT2D eigenvalue weighted by Crippen LogP contribution is -2.40. The lowest BCUT2D eigenvalue weighted by molar-refractivity contribution is 0.186. The maximum Gasteiger partial charge on any atom is 0.0514 e. The van der Waals surface area contributed by atoms with E-state index in [1.807, 2.05) is 18.2 Å². The normalized spacial score (nSPS) is 25.3. The molecular formula is C15H22Cl2N2. The van der Waals surface area contributed by atoms with E-state index in [1.165, 1.54) is 12.8 Å². The Hall–Kier alpha value is -0.280. The predicted octanol–water partition coefficient (Wildman–Crippen LogP) is 4.26. The van der Waals surface area contributed by atoms with Crippen LogP contribution >= 0.6 is 23.2 Å². The molecule has 0 saturated carbocycles. The molecule has 1 aliphatic heterocycles. The molecule has 2 nitrogen and oxygen atoms in total. The van der Waals surface area contributed by atoms with E-state index in [0.29, 0.717) is 0 Å². The Bertz CT molecular complexity index is 423. The first-order valence-electron chi connectivity index (χ1n) is 7.08. The van der Waals surface area contributed by atoms with Gasteiger partial charge < -0.3 is 5.73 Å². The first-order valence-corrected chi connectivity index (χ1v) is 7.83. The van der Waals surface area contributed by atoms with Gasteiger partial charge in [0.15, 0.2) is 0 Å². The molecular weight excluding hydrogens is 279 g/mol. The second-order valence-electron chi connectivity index (χ2n) is 5.31. The zero-order valence-electron chi connectivity index (χ0n) is 11.4. The van der Waals surface area contributed by atoms with Crippen molar-refractivity contribution in [2.24, 2.45) is 5.73 Å². The zero-order chi connectivity index (χ0) is 13.8. The SMILES string of the molecule is CCCN1CCCCC(N)C1c1cc(Cl)ccc1Cl. The maximum absolute atomic E-state index is 6.41. The molecule has 0 aromatic heterocycles. The average Bonchev–Trinajstić information content (AvgIpc) is 2.55. The highest BCUT2D eigenvalue weighted by molar-refractivity contribution is 6.33. The van der Waals surface area contributed by atoms with Gasteiger partial charge in [0, 0.05) is 16.1 Å². The number of halogens is 2. The third-order valence-corrected chi connectivity index (χ3v) is 4.40. The van der Waals surface area contributed by atoms with Gasteiger partial charge in [-0.2, -0.15) is 0 Å². The molecule has 0 amide bonds. The van der Waals surface area contributed by atoms with Crippen LogP contribution in [0.2, 0.25) is 10.0 Å². The Labute approximate surface area is 125 Å². The standard InChI is InChI=1S/C15H22Cl2N2/c1-2-8-19-9-4-3-5-14(18)15(19)12-10-11(16)6-7-13(12)17/h6-7,10,14-15H,2-5,8-9,18H2,1H3. The molecule has 0 bridgehead atoms. The maximum atomic E-state index is 6.41. The number of benzene rings is 1. The molecule has 1 saturated heterocycles. The molecule has 19 heavy (non-hydrogen) atoms. The van der Waals surface area contributed by atoms with Crippen molar-refractivity contribution < 1.29 is 0 Å². The molecule has 1 fully saturated rings. The van der Waals surface area contributed by atoms with Crippen LogP contribution in [0, 0.1) is 0 Å². The van der Waals surface area contributed by atoms with Gasteiger partial charge in [-0.25, -0.2) is 0 Å². The summed E-state index contributed by atoms with van der Waals surface area (Å²) in [5.74, 6) is 0. The summed E-state index contributed by atoms with van der Waals surface area (Å²) in [6.07, 6.45) is 4.58. The molecule has 0 aliphatic carbocycles. The van der Waals surface area contributed by atoms with Gasteiger partial charge in [0.25, 0.3) is 0 Å². The molecule has 2 rings (SSSR count). The lowest BCUT2D eigenvalue weighted by Gasteiger charge is -2.34. The van der Waals surface area contributed by atoms with Crippen molar-refractivity contribution in [3.05, 3.63) is 33.8 Å². The summed E-state index contributed by atoms with van der Waals surface area (Å²) in [6, 6.07) is 6.00. The molecule has 106 valence electrons. The monoisotopic (exact) mass is 300 g/mol. The topological polar surface area (TPSA) is 29.3 Å². The van der Waals surface area contributed by atoms with Gasteiger partial charge in [0.1, 0.15) is 0 Å². The Morgan fingerprint density at radius 2 is 2.11 bits per heavy atom. The van der Waals surface area contributed by atoms with Crippen LogP contribution in [0.15, 0.2) is 18.2 Å². The summed E-state index contributed by atoms with van der Waals surface area (Å²) in [4.78, 5) is 2.47. The van der Waals surface area contributed by atoms with Gasteiger partial charge in [-0.05, 0) is 56.1 Å². The molecule has 0 radical (unpaired) electrons. The second-order valence-corrected chi connectivity index (χ2v) is 6.15. The smallest absolute Gasteiger partial charge is 0.0514 e. The number of nitrogens with two attached hydrogens (primary N) is 1. The minimum Gasteiger partial charge on any atom is -0.326 e. The molecule has 2 N–H and O–H groups in total. The van der Waals surface area contributed by atoms with Crippen molar-refractivity contribution in [1.29, 1.82) is 0 Å². The first kappa shape index (κ1) is 15.1. The predicted molar refractivity (Wildman–Crippen MR) is 82.9 cm³/mol. The summed E-state index contributed by atoms with van der Waals surface area (Å²) in [6.45, 7) is 4.35. The minimum absolute atomic E-state index is 0.130. The van der Waals surface area contributed by atoms with Gasteiger partial charge in [-0.3, -0.25) is 4.90 Å². The molecule has 1 aliphatic rings. The number of rotatable bonds is 3. The van der Waals surface area contributed by atoms with Crippen molar-refractivity contribution in [2.75, 3.05) is 13.1 Å². The summed E-state index contributed by atoms with van der Waals surface area (Å²) in [5.41, 5.74) is 7.49. The number of nitrogens with zero attached hydrogens (tertiary/aromatic N) is 1. The fraction of sp³-hybridized carbons (Fsp3) is 0.600. The highest BCUT2D eigenvalue weighted by atomic mass is 35.5. The average molecular weight is 301 g/mol. The van der Waals surface area contributed by atoms with Crippen molar-refractivity contribution in [1.82, 2.24) is 4.90 Å². The number of likely N-dealkylation sites (tertiary alicyclic amines) is 1. The van der Waals surface area contributed by atoms with E-state index in [2.05, 4.69) is 11.8 Å². The molecule has 0 spiro atoms. The Kier molecular flexibility index (Phi) is 5.52. The van der Waals surface area contributed by atoms with Gasteiger partial charge in [0.2, 0.25) is 0 Å². The van der Waals surface area contributed by atoms with Crippen LogP contribution in [0.5, 0.6) is 0 Å². The Morgan fingerprint density at radius 3 is 2.84 bits per heavy atom. The fourth-order valence-electron chi connectivity index (χ4n) is 2.97. The van der Waals surface area contributed by atoms with Crippen LogP contribution in [0.1, 0.15) is 44.2 Å². The second kappa shape index (κ2) is 6.94. The molecule has 2 atom stereocenters. The van der Waals surface area contributed by atoms with E-state index in [1.54, 1.807) is 0 Å². The van der Waals surface area contributed by atoms with E-state index < -0.39 is 0 Å². The third-order valence-electron chi connectivity index (χ3n) is 3.82. The summed E-state index contributed by atoms with van der Waals surface area (Å²) in [5, 5.41) is 1.50. The third kappa shape index (κ3) is 3.63. The van der Waals surface area contributed by atoms with E-state index >= 15 is 0 Å². The Balaban J connectivity index is 2.36. The van der Waals surface area contributed by atoms with E-state index in [0.717, 1.165) is 41.5 Å². The summed E-state index contributed by atoms with van der Waals surface area (Å²) >= 11 is 12.5. The molecule has 1 aromatic rings. The highest BCUT2D eigenvalue weighted by Crippen LogP contribution is 2.35. The Morgan fingerprint density at radius 1 is 1.32 bits per heavy atom. The van der Waals surface area contributed by atoms with Crippen LogP contribution in [0.25, 0.3) is 0 Å². The molecule has 1 aromatic carbocycles. The van der Waals surface area contributed by atoms with Crippen molar-refractivity contribution in [3.63, 3.8) is 0 Å². The van der Waals surface area contributed by atoms with Crippen LogP contribution in [0.4, 0.5) is 0 Å². The van der Waals surface area contributed by atoms with Crippen LogP contribution in [-0.4, -0.2) is 24.0 Å². The van der Waals surface area contributed by atoms with Crippen LogP contribution in [0.3, 0.4) is 0 Å². The van der Waals surface area contributed by atoms with E-state index in [-0.39, 0.29) is 12.1 Å². The highest BCUT2D eigenvalue weighted by Gasteiger charge is 2.29. The summed E-state index contributed by atoms with van der Waals surface area (Å²) < 4.78 is 0. The molecule has 2 unspecified atom stereocenters. The number of hydrogen-bond acceptors (Lipinski definition) is 2. The van der Waals surface area contributed by atoms with Crippen molar-refractivity contribution in [3.8, 4) is 0 Å². The molecule has 1 heterocycles. The largest absolute Gasteiger partial charge is 0.326 e. The minimum atomic E-state index is 0.130. The fourth-order valence-corrected chi connectivity index (χ4v) is 3.38. The van der Waals surface area contributed by atoms with Crippen LogP contribution in [-0.2, 0) is 0 Å². The van der Waals surface area contributed by atoms with Gasteiger partial charge in [-0.1, -0.05) is 36.5 Å². The van der Waals surface area contributed by atoms with Crippen molar-refractivity contribution >= 4 is 23.2 Å². The van der Waals surface area contributed by atoms with Crippen molar-refractivity contribution in [2.45, 2.75) is 44.7 Å². The number of hydrogen-bond donors (Lipinski definition) is 1. The van der Waals surface area contributed by atoms with E-state index in [9.17, 15) is 0 Å². The van der Waals surface area contributed by atoms with Gasteiger partial charge in [-0.15, -0.1) is 0 Å². The van der Waals surface area contributed by atoms with Gasteiger partial charge >= 0.3 is 0 Å². The van der Waals surface area contributed by atoms with Crippen LogP contribution < -0.4 is 5.73 Å². The molecule has 4 heteroatoms. The zero-order valence-corrected chi connectivity index (χ0v) is 12.9. The van der Waals surface area contributed by atoms with Gasteiger partial charge in [0.05, 0.1) is 6.04 Å². The summed E-state index contributed by atoms with van der Waals surface area (Å²) in [7, 11) is 0. The van der Waals surface area contributed by atoms with E-state index in [4.69, 9.17) is 28.9 Å². The lowest BCUT2D eigenvalue weighted by atomic mass is 9.96. The quantitative estimate of drug-likeness (QED) is 0.904. The first-order chi connectivity index (χ1) is 9.13.